The average Bonchev–Trinajstić information content (AvgIpc) is 2.49. The minimum absolute atomic E-state index is 0.0711. The SMILES string of the molecule is C[N+](C)(C)CC(O)CSC(F)CC(F)(F)C(F)(F)C(F)(F)C(F)(F)C(F)(F)C(F)(F)F. The van der Waals surface area contributed by atoms with Crippen LogP contribution in [0.15, 0.2) is 0 Å². The predicted octanol–water partition coefficient (Wildman–Crippen LogP) is 5.21. The van der Waals surface area contributed by atoms with Crippen molar-refractivity contribution >= 4 is 11.8 Å². The molecule has 2 nitrogen and oxygen atoms in total. The van der Waals surface area contributed by atoms with Crippen LogP contribution < -0.4 is 0 Å². The summed E-state index contributed by atoms with van der Waals surface area (Å²) < 4.78 is 182. The van der Waals surface area contributed by atoms with Gasteiger partial charge in [-0.25, -0.2) is 4.39 Å². The second-order valence-corrected chi connectivity index (χ2v) is 8.75. The maximum atomic E-state index is 13.6. The summed E-state index contributed by atoms with van der Waals surface area (Å²) >= 11 is -0.304. The molecule has 31 heavy (non-hydrogen) atoms. The molecule has 0 radical (unpaired) electrons. The van der Waals surface area contributed by atoms with E-state index in [1.165, 1.54) is 21.1 Å². The lowest BCUT2D eigenvalue weighted by molar-refractivity contribution is -0.873. The zero-order valence-corrected chi connectivity index (χ0v) is 16.7. The summed E-state index contributed by atoms with van der Waals surface area (Å²) in [7, 11) is 4.61. The van der Waals surface area contributed by atoms with E-state index < -0.39 is 59.6 Å². The van der Waals surface area contributed by atoms with Crippen LogP contribution in [-0.4, -0.2) is 90.4 Å². The molecule has 0 aromatic rings. The van der Waals surface area contributed by atoms with Gasteiger partial charge in [0.1, 0.15) is 12.6 Å². The van der Waals surface area contributed by atoms with Crippen molar-refractivity contribution in [1.82, 2.24) is 0 Å². The Kier molecular flexibility index (Phi) is 8.71. The first-order chi connectivity index (χ1) is 13.2. The minimum Gasteiger partial charge on any atom is -0.386 e. The van der Waals surface area contributed by atoms with E-state index in [0.29, 0.717) is 0 Å². The normalized spacial score (nSPS) is 17.6. The Morgan fingerprint density at radius 2 is 1.10 bits per heavy atom. The first-order valence-electron chi connectivity index (χ1n) is 7.94. The molecular formula is C14H18F14NOS+. The highest BCUT2D eigenvalue weighted by atomic mass is 32.2. The Labute approximate surface area is 171 Å². The van der Waals surface area contributed by atoms with Crippen molar-refractivity contribution in [3.05, 3.63) is 0 Å². The number of aliphatic hydroxyl groups excluding tert-OH is 1. The number of hydrogen-bond donors (Lipinski definition) is 1. The molecule has 188 valence electrons. The van der Waals surface area contributed by atoms with Gasteiger partial charge in [0, 0.05) is 5.75 Å². The fraction of sp³-hybridized carbons (Fsp3) is 1.00. The quantitative estimate of drug-likeness (QED) is 0.302. The molecule has 0 fully saturated rings. The van der Waals surface area contributed by atoms with Crippen molar-refractivity contribution in [2.75, 3.05) is 33.4 Å². The Balaban J connectivity index is 5.63. The zero-order chi connectivity index (χ0) is 25.5. The second kappa shape index (κ2) is 8.91. The first kappa shape index (κ1) is 30.3. The summed E-state index contributed by atoms with van der Waals surface area (Å²) in [6, 6.07) is 0. The van der Waals surface area contributed by atoms with Gasteiger partial charge in [0.05, 0.1) is 27.6 Å². The lowest BCUT2D eigenvalue weighted by Gasteiger charge is -2.40. The van der Waals surface area contributed by atoms with E-state index in [4.69, 9.17) is 0 Å². The Hall–Kier alpha value is -0.710. The number of hydrogen-bond acceptors (Lipinski definition) is 2. The smallest absolute Gasteiger partial charge is 0.386 e. The predicted molar refractivity (Wildman–Crippen MR) is 81.7 cm³/mol. The summed E-state index contributed by atoms with van der Waals surface area (Å²) in [6.45, 7) is -0.108. The zero-order valence-electron chi connectivity index (χ0n) is 15.9. The summed E-state index contributed by atoms with van der Waals surface area (Å²) in [5, 5.41) is 9.55. The van der Waals surface area contributed by atoms with Crippen LogP contribution in [0.25, 0.3) is 0 Å². The molecule has 0 bridgehead atoms. The van der Waals surface area contributed by atoms with E-state index >= 15 is 0 Å². The monoisotopic (exact) mass is 514 g/mol. The highest BCUT2D eigenvalue weighted by Gasteiger charge is 2.90. The van der Waals surface area contributed by atoms with E-state index in [1.54, 1.807) is 0 Å². The fourth-order valence-electron chi connectivity index (χ4n) is 2.09. The molecule has 0 aliphatic rings. The third-order valence-corrected chi connectivity index (χ3v) is 4.75. The Bertz CT molecular complexity index is 601. The summed E-state index contributed by atoms with van der Waals surface area (Å²) in [4.78, 5) is 0. The van der Waals surface area contributed by atoms with Crippen LogP contribution >= 0.6 is 11.8 Å². The number of likely N-dealkylation sites (N-methyl/N-ethyl adjacent to an activating group) is 1. The molecule has 17 heteroatoms. The Morgan fingerprint density at radius 1 is 0.710 bits per heavy atom. The lowest BCUT2D eigenvalue weighted by Crippen LogP contribution is -2.70. The summed E-state index contributed by atoms with van der Waals surface area (Å²) in [5.41, 5.74) is -3.20. The van der Waals surface area contributed by atoms with Gasteiger partial charge >= 0.3 is 35.8 Å². The molecule has 0 rings (SSSR count). The van der Waals surface area contributed by atoms with E-state index in [1.807, 2.05) is 0 Å². The van der Waals surface area contributed by atoms with Crippen LogP contribution in [-0.2, 0) is 0 Å². The maximum absolute atomic E-state index is 13.6. The number of alkyl halides is 14. The van der Waals surface area contributed by atoms with Crippen LogP contribution in [0.4, 0.5) is 61.5 Å². The van der Waals surface area contributed by atoms with E-state index in [0.717, 1.165) is 0 Å². The van der Waals surface area contributed by atoms with Crippen LogP contribution in [0, 0.1) is 0 Å². The molecule has 0 aliphatic carbocycles. The third-order valence-electron chi connectivity index (χ3n) is 3.64. The Morgan fingerprint density at radius 3 is 1.45 bits per heavy atom. The molecule has 2 unspecified atom stereocenters. The van der Waals surface area contributed by atoms with Crippen molar-refractivity contribution in [3.8, 4) is 0 Å². The van der Waals surface area contributed by atoms with Gasteiger partial charge in [0.2, 0.25) is 0 Å². The van der Waals surface area contributed by atoms with Crippen LogP contribution in [0.2, 0.25) is 0 Å². The standard InChI is InChI=1S/C14H18F14NOS/c1-29(2,3)5-7(30)6-31-8(15)4-9(16,17)10(18,19)11(20,21)12(22,23)13(24,25)14(26,27)28/h7-8,30H,4-6H2,1-3H3/q+1. The maximum Gasteiger partial charge on any atom is 0.460 e. The van der Waals surface area contributed by atoms with Crippen LogP contribution in [0.5, 0.6) is 0 Å². The molecule has 0 spiro atoms. The molecule has 2 atom stereocenters. The largest absolute Gasteiger partial charge is 0.460 e. The van der Waals surface area contributed by atoms with E-state index in [2.05, 4.69) is 0 Å². The van der Waals surface area contributed by atoms with Gasteiger partial charge in [0.25, 0.3) is 0 Å². The highest BCUT2D eigenvalue weighted by Crippen LogP contribution is 2.61. The topological polar surface area (TPSA) is 20.2 Å². The van der Waals surface area contributed by atoms with Crippen molar-refractivity contribution in [2.45, 2.75) is 53.8 Å². The lowest BCUT2D eigenvalue weighted by atomic mass is 9.93. The average molecular weight is 514 g/mol. The number of thioether (sulfide) groups is 1. The van der Waals surface area contributed by atoms with Crippen molar-refractivity contribution < 1.29 is 71.1 Å². The van der Waals surface area contributed by atoms with Gasteiger partial charge in [-0.05, 0) is 0 Å². The van der Waals surface area contributed by atoms with E-state index in [-0.39, 0.29) is 22.8 Å². The number of nitrogens with zero attached hydrogens (tertiary/aromatic N) is 1. The second-order valence-electron chi connectivity index (χ2n) is 7.57. The molecule has 0 heterocycles. The number of quaternary nitrogens is 1. The van der Waals surface area contributed by atoms with Gasteiger partial charge in [-0.1, -0.05) is 0 Å². The van der Waals surface area contributed by atoms with Crippen molar-refractivity contribution in [3.63, 3.8) is 0 Å². The molecule has 0 saturated heterocycles. The highest BCUT2D eigenvalue weighted by molar-refractivity contribution is 7.99. The van der Waals surface area contributed by atoms with Gasteiger partial charge in [-0.15, -0.1) is 11.8 Å². The minimum atomic E-state index is -8.01. The van der Waals surface area contributed by atoms with Gasteiger partial charge in [-0.3, -0.25) is 0 Å². The van der Waals surface area contributed by atoms with E-state index in [9.17, 15) is 66.6 Å². The third kappa shape index (κ3) is 6.21. The molecular weight excluding hydrogens is 496 g/mol. The molecule has 1 N–H and O–H groups in total. The number of rotatable bonds is 11. The number of halogens is 14. The molecule has 0 aliphatic heterocycles. The van der Waals surface area contributed by atoms with Crippen LogP contribution in [0.3, 0.4) is 0 Å². The molecule has 0 aromatic heterocycles. The van der Waals surface area contributed by atoms with Gasteiger partial charge in [-0.2, -0.15) is 57.1 Å². The summed E-state index contributed by atoms with van der Waals surface area (Å²) in [5.74, 6) is -38.5. The number of aliphatic hydroxyl groups is 1. The molecule has 0 saturated carbocycles. The van der Waals surface area contributed by atoms with Gasteiger partial charge in [0.15, 0.2) is 5.50 Å². The van der Waals surface area contributed by atoms with Crippen LogP contribution in [0.1, 0.15) is 6.42 Å². The molecule has 0 aromatic carbocycles. The fourth-order valence-corrected chi connectivity index (χ4v) is 2.95. The first-order valence-corrected chi connectivity index (χ1v) is 8.99. The van der Waals surface area contributed by atoms with Crippen molar-refractivity contribution in [2.24, 2.45) is 0 Å². The van der Waals surface area contributed by atoms with Crippen molar-refractivity contribution in [1.29, 1.82) is 0 Å². The van der Waals surface area contributed by atoms with Gasteiger partial charge < -0.3 is 9.59 Å². The molecule has 0 amide bonds. The summed E-state index contributed by atoms with van der Waals surface area (Å²) in [6.07, 6.45) is -11.8.